The van der Waals surface area contributed by atoms with Crippen LogP contribution >= 0.6 is 0 Å². The maximum Gasteiger partial charge on any atom is 0.282 e. The van der Waals surface area contributed by atoms with Crippen molar-refractivity contribution < 1.29 is 18.6 Å². The van der Waals surface area contributed by atoms with Crippen molar-refractivity contribution in [3.63, 3.8) is 0 Å². The molecule has 7 heteroatoms. The van der Waals surface area contributed by atoms with Crippen molar-refractivity contribution in [1.29, 1.82) is 0 Å². The third-order valence-electron chi connectivity index (χ3n) is 4.31. The third kappa shape index (κ3) is 4.98. The van der Waals surface area contributed by atoms with E-state index in [2.05, 4.69) is 9.98 Å². The van der Waals surface area contributed by atoms with Crippen LogP contribution in [-0.4, -0.2) is 37.9 Å². The summed E-state index contributed by atoms with van der Waals surface area (Å²) in [5, 5.41) is 0. The Balaban J connectivity index is 0.00000136. The van der Waals surface area contributed by atoms with Gasteiger partial charge in [0, 0.05) is 29.8 Å². The van der Waals surface area contributed by atoms with Gasteiger partial charge in [-0.25, -0.2) is 9.98 Å². The van der Waals surface area contributed by atoms with E-state index in [0.29, 0.717) is 36.7 Å². The first-order chi connectivity index (χ1) is 13.6. The topological polar surface area (TPSA) is 79.0 Å². The summed E-state index contributed by atoms with van der Waals surface area (Å²) >= 11 is 0. The summed E-state index contributed by atoms with van der Waals surface area (Å²) in [5.74, 6) is 0.153. The van der Waals surface area contributed by atoms with Crippen molar-refractivity contribution in [3.05, 3.63) is 48.0 Å². The van der Waals surface area contributed by atoms with Crippen LogP contribution in [0.2, 0.25) is 0 Å². The predicted molar refractivity (Wildman–Crippen MR) is 108 cm³/mol. The Morgan fingerprint density at radius 2 is 2.14 bits per heavy atom. The summed E-state index contributed by atoms with van der Waals surface area (Å²) in [7, 11) is 1.47. The third-order valence-corrected chi connectivity index (χ3v) is 4.31. The van der Waals surface area contributed by atoms with E-state index in [4.69, 9.17) is 19.9 Å². The molecule has 0 aliphatic carbocycles. The zero-order valence-electron chi connectivity index (χ0n) is 16.8. The lowest BCUT2D eigenvalue weighted by Gasteiger charge is -2.31. The molecule has 1 aromatic carbocycles. The van der Waals surface area contributed by atoms with Crippen LogP contribution in [0.15, 0.2) is 41.5 Å². The number of ether oxygens (including phenoxy) is 3. The summed E-state index contributed by atoms with van der Waals surface area (Å²) in [5.41, 5.74) is 7.74. The standard InChI is InChI=1S/C19H22FN3O3.C2H6/c1-3-25-10-13-11-26-16-7-6-12(14-5-4-8-22-18(14)20)9-15(16)17(13)23-19(21)24-2;1-2/h4-9,13,17H,3,10-11H2,1-2H3,(H2,21,23);1-2H3/t13-,17?;/m1./s1. The second-order valence-corrected chi connectivity index (χ2v) is 5.94. The van der Waals surface area contributed by atoms with Crippen LogP contribution in [0.5, 0.6) is 5.75 Å². The van der Waals surface area contributed by atoms with Gasteiger partial charge in [-0.15, -0.1) is 0 Å². The predicted octanol–water partition coefficient (Wildman–Crippen LogP) is 3.96. The molecule has 0 saturated heterocycles. The van der Waals surface area contributed by atoms with E-state index < -0.39 is 5.95 Å². The number of nitrogens with zero attached hydrogens (tertiary/aromatic N) is 2. The summed E-state index contributed by atoms with van der Waals surface area (Å²) in [6, 6.07) is 8.66. The van der Waals surface area contributed by atoms with E-state index in [0.717, 1.165) is 5.56 Å². The number of methoxy groups -OCH3 is 1. The monoisotopic (exact) mass is 389 g/mol. The lowest BCUT2D eigenvalue weighted by atomic mass is 9.89. The molecule has 1 aromatic heterocycles. The van der Waals surface area contributed by atoms with Crippen LogP contribution in [0.4, 0.5) is 4.39 Å². The highest BCUT2D eigenvalue weighted by Gasteiger charge is 2.32. The summed E-state index contributed by atoms with van der Waals surface area (Å²) in [4.78, 5) is 8.21. The van der Waals surface area contributed by atoms with Crippen LogP contribution in [-0.2, 0) is 9.47 Å². The van der Waals surface area contributed by atoms with Crippen molar-refractivity contribution >= 4 is 6.02 Å². The van der Waals surface area contributed by atoms with E-state index >= 15 is 0 Å². The fraction of sp³-hybridized carbons (Fsp3) is 0.429. The Kier molecular flexibility index (Phi) is 8.19. The first-order valence-electron chi connectivity index (χ1n) is 9.46. The zero-order valence-corrected chi connectivity index (χ0v) is 16.8. The van der Waals surface area contributed by atoms with Crippen LogP contribution in [0.1, 0.15) is 32.4 Å². The molecule has 0 fully saturated rings. The first-order valence-corrected chi connectivity index (χ1v) is 9.46. The van der Waals surface area contributed by atoms with Gasteiger partial charge in [-0.05, 0) is 36.8 Å². The minimum atomic E-state index is -0.522. The average Bonchev–Trinajstić information content (AvgIpc) is 2.74. The highest BCUT2D eigenvalue weighted by molar-refractivity contribution is 5.72. The summed E-state index contributed by atoms with van der Waals surface area (Å²) in [6.45, 7) is 7.47. The molecule has 0 saturated carbocycles. The van der Waals surface area contributed by atoms with Crippen LogP contribution in [0, 0.1) is 11.9 Å². The van der Waals surface area contributed by atoms with E-state index in [1.54, 1.807) is 12.1 Å². The van der Waals surface area contributed by atoms with Gasteiger partial charge in [0.25, 0.3) is 6.02 Å². The number of halogens is 1. The van der Waals surface area contributed by atoms with Gasteiger partial charge in [-0.2, -0.15) is 4.39 Å². The number of hydrogen-bond donors (Lipinski definition) is 1. The van der Waals surface area contributed by atoms with E-state index in [-0.39, 0.29) is 18.0 Å². The maximum absolute atomic E-state index is 14.1. The molecule has 6 nitrogen and oxygen atoms in total. The second kappa shape index (κ2) is 10.6. The highest BCUT2D eigenvalue weighted by Crippen LogP contribution is 2.40. The molecule has 3 rings (SSSR count). The van der Waals surface area contributed by atoms with Crippen molar-refractivity contribution in [2.75, 3.05) is 26.9 Å². The zero-order chi connectivity index (χ0) is 20.5. The molecular formula is C21H28FN3O3. The van der Waals surface area contributed by atoms with Gasteiger partial charge in [-0.3, -0.25) is 0 Å². The molecule has 0 amide bonds. The highest BCUT2D eigenvalue weighted by atomic mass is 19.1. The molecule has 1 aliphatic rings. The number of amidine groups is 1. The molecule has 152 valence electrons. The number of pyridine rings is 1. The van der Waals surface area contributed by atoms with Crippen LogP contribution in [0.3, 0.4) is 0 Å². The molecule has 2 heterocycles. The molecule has 2 aromatic rings. The molecule has 0 bridgehead atoms. The minimum Gasteiger partial charge on any atom is -0.493 e. The van der Waals surface area contributed by atoms with Gasteiger partial charge in [0.1, 0.15) is 5.75 Å². The molecular weight excluding hydrogens is 361 g/mol. The van der Waals surface area contributed by atoms with Crippen LogP contribution < -0.4 is 10.5 Å². The molecule has 2 atom stereocenters. The quantitative estimate of drug-likeness (QED) is 0.476. The molecule has 0 spiro atoms. The number of aromatic nitrogens is 1. The van der Waals surface area contributed by atoms with Gasteiger partial charge < -0.3 is 19.9 Å². The number of rotatable bonds is 5. The summed E-state index contributed by atoms with van der Waals surface area (Å²) < 4.78 is 30.5. The van der Waals surface area contributed by atoms with Crippen LogP contribution in [0.25, 0.3) is 11.1 Å². The van der Waals surface area contributed by atoms with E-state index in [1.807, 2.05) is 39.0 Å². The summed E-state index contributed by atoms with van der Waals surface area (Å²) in [6.07, 6.45) is 1.42. The van der Waals surface area contributed by atoms with Crippen molar-refractivity contribution in [2.24, 2.45) is 16.6 Å². The maximum atomic E-state index is 14.1. The second-order valence-electron chi connectivity index (χ2n) is 5.94. The van der Waals surface area contributed by atoms with E-state index in [1.165, 1.54) is 13.3 Å². The molecule has 0 radical (unpaired) electrons. The van der Waals surface area contributed by atoms with Gasteiger partial charge in [-0.1, -0.05) is 19.9 Å². The van der Waals surface area contributed by atoms with E-state index in [9.17, 15) is 4.39 Å². The number of aliphatic imine (C=N–C) groups is 1. The van der Waals surface area contributed by atoms with Crippen molar-refractivity contribution in [1.82, 2.24) is 4.98 Å². The van der Waals surface area contributed by atoms with Crippen molar-refractivity contribution in [2.45, 2.75) is 26.8 Å². The normalized spacial score (nSPS) is 18.4. The fourth-order valence-electron chi connectivity index (χ4n) is 3.00. The Hall–Kier alpha value is -2.67. The number of hydrogen-bond acceptors (Lipinski definition) is 5. The number of fused-ring (bicyclic) bond motifs is 1. The molecule has 1 aliphatic heterocycles. The average molecular weight is 389 g/mol. The van der Waals surface area contributed by atoms with Gasteiger partial charge in [0.15, 0.2) is 0 Å². The molecule has 2 N–H and O–H groups in total. The smallest absolute Gasteiger partial charge is 0.282 e. The lowest BCUT2D eigenvalue weighted by molar-refractivity contribution is 0.0654. The fourth-order valence-corrected chi connectivity index (χ4v) is 3.00. The Morgan fingerprint density at radius 1 is 1.36 bits per heavy atom. The lowest BCUT2D eigenvalue weighted by Crippen LogP contribution is -2.30. The SMILES string of the molecule is CC.CCOC[C@@H]1COc2ccc(-c3cccnc3F)cc2C1N=C(N)OC. The number of benzene rings is 1. The molecule has 1 unspecified atom stereocenters. The van der Waals surface area contributed by atoms with Gasteiger partial charge in [0.2, 0.25) is 5.95 Å². The minimum absolute atomic E-state index is 0.0230. The Morgan fingerprint density at radius 3 is 2.82 bits per heavy atom. The van der Waals surface area contributed by atoms with Gasteiger partial charge >= 0.3 is 0 Å². The Labute approximate surface area is 165 Å². The van der Waals surface area contributed by atoms with Crippen molar-refractivity contribution in [3.8, 4) is 16.9 Å². The van der Waals surface area contributed by atoms with Gasteiger partial charge in [0.05, 0.1) is 26.4 Å². The Bertz CT molecular complexity index is 798. The molecule has 28 heavy (non-hydrogen) atoms. The number of nitrogens with two attached hydrogens (primary N) is 1. The largest absolute Gasteiger partial charge is 0.493 e. The first kappa shape index (κ1) is 21.6.